The highest BCUT2D eigenvalue weighted by molar-refractivity contribution is 7.08. The molecule has 0 saturated heterocycles. The molecule has 0 saturated carbocycles. The van der Waals surface area contributed by atoms with Crippen LogP contribution in [-0.4, -0.2) is 30.4 Å². The molecular weight excluding hydrogens is 244 g/mol. The minimum absolute atomic E-state index is 0. The Labute approximate surface area is 107 Å². The van der Waals surface area contributed by atoms with Crippen molar-refractivity contribution < 1.29 is 4.79 Å². The standard InChI is InChI=1S/C11H18N2OS.ClH/c1-8(6-12)13(3)11(14)9(2)10-4-5-15-7-10;/h4-5,7-9H,6,12H2,1-3H3;1H. The molecule has 0 radical (unpaired) electrons. The molecule has 1 amide bonds. The van der Waals surface area contributed by atoms with Gasteiger partial charge in [0.25, 0.3) is 0 Å². The quantitative estimate of drug-likeness (QED) is 0.903. The van der Waals surface area contributed by atoms with E-state index in [1.165, 1.54) is 0 Å². The Hall–Kier alpha value is -0.580. The van der Waals surface area contributed by atoms with Gasteiger partial charge in [0, 0.05) is 19.6 Å². The Morgan fingerprint density at radius 2 is 2.19 bits per heavy atom. The molecule has 1 rings (SSSR count). The number of carbonyl (C=O) groups is 1. The Morgan fingerprint density at radius 3 is 2.62 bits per heavy atom. The SMILES string of the molecule is CC(C(=O)N(C)C(C)CN)c1ccsc1.Cl. The highest BCUT2D eigenvalue weighted by Crippen LogP contribution is 2.20. The lowest BCUT2D eigenvalue weighted by atomic mass is 10.0. The lowest BCUT2D eigenvalue weighted by molar-refractivity contribution is -0.132. The van der Waals surface area contributed by atoms with Gasteiger partial charge in [0.15, 0.2) is 0 Å². The summed E-state index contributed by atoms with van der Waals surface area (Å²) < 4.78 is 0. The van der Waals surface area contributed by atoms with E-state index in [0.717, 1.165) is 5.56 Å². The van der Waals surface area contributed by atoms with Gasteiger partial charge in [0.2, 0.25) is 5.91 Å². The first kappa shape index (κ1) is 15.4. The zero-order valence-electron chi connectivity index (χ0n) is 9.84. The van der Waals surface area contributed by atoms with Crippen LogP contribution in [0.1, 0.15) is 25.3 Å². The van der Waals surface area contributed by atoms with Gasteiger partial charge in [-0.25, -0.2) is 0 Å². The van der Waals surface area contributed by atoms with Crippen molar-refractivity contribution >= 4 is 29.7 Å². The van der Waals surface area contributed by atoms with Crippen molar-refractivity contribution in [2.75, 3.05) is 13.6 Å². The van der Waals surface area contributed by atoms with Gasteiger partial charge in [0.05, 0.1) is 5.92 Å². The first-order chi connectivity index (χ1) is 7.07. The molecule has 0 aliphatic carbocycles. The molecule has 16 heavy (non-hydrogen) atoms. The van der Waals surface area contributed by atoms with Crippen molar-refractivity contribution in [2.24, 2.45) is 5.73 Å². The van der Waals surface area contributed by atoms with E-state index in [1.54, 1.807) is 16.2 Å². The van der Waals surface area contributed by atoms with E-state index in [9.17, 15) is 4.79 Å². The molecule has 1 heterocycles. The first-order valence-electron chi connectivity index (χ1n) is 5.06. The fourth-order valence-corrected chi connectivity index (χ4v) is 2.10. The van der Waals surface area contributed by atoms with Gasteiger partial charge in [-0.1, -0.05) is 0 Å². The summed E-state index contributed by atoms with van der Waals surface area (Å²) in [4.78, 5) is 13.7. The van der Waals surface area contributed by atoms with Crippen molar-refractivity contribution in [3.8, 4) is 0 Å². The summed E-state index contributed by atoms with van der Waals surface area (Å²) in [5, 5.41) is 4.01. The lowest BCUT2D eigenvalue weighted by Gasteiger charge is -2.26. The number of halogens is 1. The maximum atomic E-state index is 12.0. The molecule has 0 aromatic carbocycles. The fraction of sp³-hybridized carbons (Fsp3) is 0.545. The van der Waals surface area contributed by atoms with E-state index in [1.807, 2.05) is 37.7 Å². The molecule has 0 aliphatic heterocycles. The number of likely N-dealkylation sites (N-methyl/N-ethyl adjacent to an activating group) is 1. The Balaban J connectivity index is 0.00000225. The van der Waals surface area contributed by atoms with E-state index in [4.69, 9.17) is 5.73 Å². The largest absolute Gasteiger partial charge is 0.341 e. The number of thiophene rings is 1. The van der Waals surface area contributed by atoms with Gasteiger partial charge in [-0.15, -0.1) is 12.4 Å². The van der Waals surface area contributed by atoms with Crippen LogP contribution in [0.2, 0.25) is 0 Å². The number of amides is 1. The average Bonchev–Trinajstić information content (AvgIpc) is 2.78. The Kier molecular flexibility index (Phi) is 6.64. The van der Waals surface area contributed by atoms with E-state index < -0.39 is 0 Å². The Bertz CT molecular complexity index is 316. The third kappa shape index (κ3) is 3.47. The van der Waals surface area contributed by atoms with E-state index in [2.05, 4.69) is 0 Å². The fourth-order valence-electron chi connectivity index (χ4n) is 1.34. The monoisotopic (exact) mass is 262 g/mol. The molecule has 0 aliphatic rings. The van der Waals surface area contributed by atoms with E-state index in [-0.39, 0.29) is 30.3 Å². The van der Waals surface area contributed by atoms with Gasteiger partial charge in [0.1, 0.15) is 0 Å². The van der Waals surface area contributed by atoms with Crippen LogP contribution in [0, 0.1) is 0 Å². The molecular formula is C11H19ClN2OS. The summed E-state index contributed by atoms with van der Waals surface area (Å²) >= 11 is 1.62. The number of nitrogens with two attached hydrogens (primary N) is 1. The summed E-state index contributed by atoms with van der Waals surface area (Å²) in [5.41, 5.74) is 6.62. The third-order valence-electron chi connectivity index (χ3n) is 2.76. The molecule has 0 bridgehead atoms. The first-order valence-corrected chi connectivity index (χ1v) is 6.01. The van der Waals surface area contributed by atoms with Crippen LogP contribution in [0.3, 0.4) is 0 Å². The molecule has 1 aromatic rings. The Morgan fingerprint density at radius 1 is 1.56 bits per heavy atom. The number of hydrogen-bond donors (Lipinski definition) is 1. The second-order valence-electron chi connectivity index (χ2n) is 3.81. The van der Waals surface area contributed by atoms with Crippen molar-refractivity contribution in [1.82, 2.24) is 4.90 Å². The molecule has 1 aromatic heterocycles. The maximum absolute atomic E-state index is 12.0. The van der Waals surface area contributed by atoms with Crippen LogP contribution in [-0.2, 0) is 4.79 Å². The molecule has 3 nitrogen and oxygen atoms in total. The zero-order valence-corrected chi connectivity index (χ0v) is 11.5. The van der Waals surface area contributed by atoms with Crippen molar-refractivity contribution in [1.29, 1.82) is 0 Å². The molecule has 92 valence electrons. The van der Waals surface area contributed by atoms with Crippen LogP contribution in [0.5, 0.6) is 0 Å². The van der Waals surface area contributed by atoms with Gasteiger partial charge in [-0.05, 0) is 36.2 Å². The zero-order chi connectivity index (χ0) is 11.4. The molecule has 0 fully saturated rings. The van der Waals surface area contributed by atoms with E-state index >= 15 is 0 Å². The highest BCUT2D eigenvalue weighted by atomic mass is 35.5. The minimum atomic E-state index is -0.0738. The number of hydrogen-bond acceptors (Lipinski definition) is 3. The summed E-state index contributed by atoms with van der Waals surface area (Å²) in [6.07, 6.45) is 0. The highest BCUT2D eigenvalue weighted by Gasteiger charge is 2.22. The summed E-state index contributed by atoms with van der Waals surface area (Å²) in [6.45, 7) is 4.39. The van der Waals surface area contributed by atoms with Crippen molar-refractivity contribution in [3.63, 3.8) is 0 Å². The van der Waals surface area contributed by atoms with Crippen LogP contribution in [0.25, 0.3) is 0 Å². The molecule has 2 atom stereocenters. The smallest absolute Gasteiger partial charge is 0.229 e. The predicted octanol–water partition coefficient (Wildman–Crippen LogP) is 2.08. The van der Waals surface area contributed by atoms with E-state index in [0.29, 0.717) is 6.54 Å². The molecule has 5 heteroatoms. The second-order valence-corrected chi connectivity index (χ2v) is 4.59. The lowest BCUT2D eigenvalue weighted by Crippen LogP contribution is -2.41. The summed E-state index contributed by atoms with van der Waals surface area (Å²) in [5.74, 6) is 0.0570. The van der Waals surface area contributed by atoms with Gasteiger partial charge < -0.3 is 10.6 Å². The normalized spacial score (nSPS) is 13.8. The second kappa shape index (κ2) is 6.89. The van der Waals surface area contributed by atoms with Crippen LogP contribution in [0.4, 0.5) is 0 Å². The van der Waals surface area contributed by atoms with Gasteiger partial charge in [-0.2, -0.15) is 11.3 Å². The average molecular weight is 263 g/mol. The number of nitrogens with zero attached hydrogens (tertiary/aromatic N) is 1. The molecule has 0 spiro atoms. The third-order valence-corrected chi connectivity index (χ3v) is 3.46. The van der Waals surface area contributed by atoms with Crippen LogP contribution >= 0.6 is 23.7 Å². The van der Waals surface area contributed by atoms with Crippen molar-refractivity contribution in [3.05, 3.63) is 22.4 Å². The van der Waals surface area contributed by atoms with Crippen LogP contribution in [0.15, 0.2) is 16.8 Å². The number of carbonyl (C=O) groups excluding carboxylic acids is 1. The summed E-state index contributed by atoms with van der Waals surface area (Å²) in [7, 11) is 1.81. The summed E-state index contributed by atoms with van der Waals surface area (Å²) in [6, 6.07) is 2.09. The van der Waals surface area contributed by atoms with Gasteiger partial charge >= 0.3 is 0 Å². The number of rotatable bonds is 4. The van der Waals surface area contributed by atoms with Gasteiger partial charge in [-0.3, -0.25) is 4.79 Å². The van der Waals surface area contributed by atoms with Crippen LogP contribution < -0.4 is 5.73 Å². The minimum Gasteiger partial charge on any atom is -0.341 e. The predicted molar refractivity (Wildman–Crippen MR) is 71.3 cm³/mol. The topological polar surface area (TPSA) is 46.3 Å². The van der Waals surface area contributed by atoms with Crippen molar-refractivity contribution in [2.45, 2.75) is 25.8 Å². The molecule has 2 N–H and O–H groups in total. The molecule has 2 unspecified atom stereocenters. The maximum Gasteiger partial charge on any atom is 0.229 e.